The molecule has 1 aliphatic heterocycles. The molecule has 0 bridgehead atoms. The fourth-order valence-corrected chi connectivity index (χ4v) is 2.61. The van der Waals surface area contributed by atoms with Crippen molar-refractivity contribution in [3.8, 4) is 0 Å². The first-order valence-electron chi connectivity index (χ1n) is 7.55. The Bertz CT molecular complexity index is 855. The second-order valence-corrected chi connectivity index (χ2v) is 5.63. The SMILES string of the molecule is CC(OC(=O)C(F)(F)F)c1ccc(N2C(=O)c3ccccc3C2=O)cc1. The summed E-state index contributed by atoms with van der Waals surface area (Å²) in [5.41, 5.74) is 1.14. The molecule has 3 rings (SSSR count). The molecule has 5 nitrogen and oxygen atoms in total. The predicted molar refractivity (Wildman–Crippen MR) is 84.6 cm³/mol. The van der Waals surface area contributed by atoms with Crippen molar-refractivity contribution >= 4 is 23.5 Å². The second-order valence-electron chi connectivity index (χ2n) is 5.63. The van der Waals surface area contributed by atoms with Crippen LogP contribution in [0.25, 0.3) is 0 Å². The van der Waals surface area contributed by atoms with Gasteiger partial charge < -0.3 is 4.74 Å². The van der Waals surface area contributed by atoms with E-state index in [-0.39, 0.29) is 16.8 Å². The Morgan fingerprint density at radius 2 is 1.46 bits per heavy atom. The van der Waals surface area contributed by atoms with Crippen LogP contribution >= 0.6 is 0 Å². The maximum atomic E-state index is 12.4. The normalized spacial score (nSPS) is 15.0. The average Bonchev–Trinajstić information content (AvgIpc) is 2.85. The number of carbonyl (C=O) groups is 3. The van der Waals surface area contributed by atoms with Crippen LogP contribution in [-0.2, 0) is 9.53 Å². The molecular formula is C18H12F3NO4. The lowest BCUT2D eigenvalue weighted by Crippen LogP contribution is -2.29. The first kappa shape index (κ1) is 17.7. The lowest BCUT2D eigenvalue weighted by atomic mass is 10.1. The number of imide groups is 1. The summed E-state index contributed by atoms with van der Waals surface area (Å²) in [6.45, 7) is 1.29. The Labute approximate surface area is 146 Å². The summed E-state index contributed by atoms with van der Waals surface area (Å²) < 4.78 is 41.1. The van der Waals surface area contributed by atoms with Crippen LogP contribution in [0.5, 0.6) is 0 Å². The Kier molecular flexibility index (Phi) is 4.27. The average molecular weight is 363 g/mol. The van der Waals surface area contributed by atoms with Crippen molar-refractivity contribution in [3.63, 3.8) is 0 Å². The van der Waals surface area contributed by atoms with Gasteiger partial charge in [0.15, 0.2) is 0 Å². The maximum absolute atomic E-state index is 12.4. The van der Waals surface area contributed by atoms with E-state index in [1.54, 1.807) is 24.3 Å². The van der Waals surface area contributed by atoms with Crippen LogP contribution in [-0.4, -0.2) is 24.0 Å². The highest BCUT2D eigenvalue weighted by Gasteiger charge is 2.42. The molecule has 0 N–H and O–H groups in total. The number of fused-ring (bicyclic) bond motifs is 1. The molecule has 0 radical (unpaired) electrons. The molecule has 2 amide bonds. The van der Waals surface area contributed by atoms with E-state index in [0.717, 1.165) is 4.90 Å². The Balaban J connectivity index is 1.80. The first-order valence-corrected chi connectivity index (χ1v) is 7.55. The van der Waals surface area contributed by atoms with Gasteiger partial charge in [-0.2, -0.15) is 13.2 Å². The van der Waals surface area contributed by atoms with Crippen LogP contribution in [0, 0.1) is 0 Å². The number of alkyl halides is 3. The van der Waals surface area contributed by atoms with E-state index in [4.69, 9.17) is 0 Å². The molecule has 0 spiro atoms. The number of amides is 2. The van der Waals surface area contributed by atoms with Crippen molar-refractivity contribution < 1.29 is 32.3 Å². The topological polar surface area (TPSA) is 63.7 Å². The van der Waals surface area contributed by atoms with Gasteiger partial charge in [-0.1, -0.05) is 24.3 Å². The second kappa shape index (κ2) is 6.29. The van der Waals surface area contributed by atoms with Gasteiger partial charge in [-0.05, 0) is 36.8 Å². The fourth-order valence-electron chi connectivity index (χ4n) is 2.61. The van der Waals surface area contributed by atoms with Gasteiger partial charge in [0, 0.05) is 0 Å². The standard InChI is InChI=1S/C18H12F3NO4/c1-10(26-17(25)18(19,20)21)11-6-8-12(9-7-11)22-15(23)13-4-2-3-5-14(13)16(22)24/h2-10H,1H3. The van der Waals surface area contributed by atoms with Crippen molar-refractivity contribution in [3.05, 3.63) is 65.2 Å². The van der Waals surface area contributed by atoms with Crippen LogP contribution in [0.15, 0.2) is 48.5 Å². The zero-order valence-corrected chi connectivity index (χ0v) is 13.4. The molecule has 134 valence electrons. The summed E-state index contributed by atoms with van der Waals surface area (Å²) in [7, 11) is 0. The highest BCUT2D eigenvalue weighted by molar-refractivity contribution is 6.34. The van der Waals surface area contributed by atoms with Gasteiger partial charge in [0.2, 0.25) is 0 Å². The predicted octanol–water partition coefficient (Wildman–Crippen LogP) is 3.65. The highest BCUT2D eigenvalue weighted by atomic mass is 19.4. The van der Waals surface area contributed by atoms with E-state index in [1.165, 1.54) is 31.2 Å². The quantitative estimate of drug-likeness (QED) is 0.617. The number of nitrogens with zero attached hydrogens (tertiary/aromatic N) is 1. The minimum absolute atomic E-state index is 0.272. The zero-order chi connectivity index (χ0) is 19.1. The van der Waals surface area contributed by atoms with E-state index < -0.39 is 30.1 Å². The number of esters is 1. The van der Waals surface area contributed by atoms with E-state index in [9.17, 15) is 27.6 Å². The largest absolute Gasteiger partial charge is 0.490 e. The van der Waals surface area contributed by atoms with Gasteiger partial charge in [-0.3, -0.25) is 9.59 Å². The van der Waals surface area contributed by atoms with Crippen LogP contribution in [0.1, 0.15) is 39.3 Å². The van der Waals surface area contributed by atoms with E-state index in [1.807, 2.05) is 0 Å². The van der Waals surface area contributed by atoms with Crippen LogP contribution < -0.4 is 4.90 Å². The Hall–Kier alpha value is -3.16. The number of halogens is 3. The van der Waals surface area contributed by atoms with Gasteiger partial charge in [0.1, 0.15) is 6.10 Å². The van der Waals surface area contributed by atoms with E-state index >= 15 is 0 Å². The number of carbonyl (C=O) groups excluding carboxylic acids is 3. The molecule has 0 saturated heterocycles. The summed E-state index contributed by atoms with van der Waals surface area (Å²) in [6, 6.07) is 12.0. The number of hydrogen-bond acceptors (Lipinski definition) is 4. The van der Waals surface area contributed by atoms with Gasteiger partial charge in [0.05, 0.1) is 16.8 Å². The molecule has 2 aromatic carbocycles. The molecule has 0 aliphatic carbocycles. The lowest BCUT2D eigenvalue weighted by molar-refractivity contribution is -0.204. The summed E-state index contributed by atoms with van der Waals surface area (Å²) in [5, 5.41) is 0. The minimum atomic E-state index is -5.08. The van der Waals surface area contributed by atoms with Crippen LogP contribution in [0.2, 0.25) is 0 Å². The molecule has 1 heterocycles. The summed E-state index contributed by atoms with van der Waals surface area (Å²) >= 11 is 0. The van der Waals surface area contributed by atoms with Gasteiger partial charge in [-0.25, -0.2) is 9.69 Å². The number of benzene rings is 2. The maximum Gasteiger partial charge on any atom is 0.490 e. The van der Waals surface area contributed by atoms with Gasteiger partial charge in [-0.15, -0.1) is 0 Å². The van der Waals surface area contributed by atoms with Crippen LogP contribution in [0.3, 0.4) is 0 Å². The molecule has 0 saturated carbocycles. The van der Waals surface area contributed by atoms with Crippen molar-refractivity contribution in [1.82, 2.24) is 0 Å². The first-order chi connectivity index (χ1) is 12.2. The van der Waals surface area contributed by atoms with Gasteiger partial charge >= 0.3 is 12.1 Å². The van der Waals surface area contributed by atoms with Crippen molar-refractivity contribution in [2.24, 2.45) is 0 Å². The third-order valence-electron chi connectivity index (χ3n) is 3.93. The Morgan fingerprint density at radius 1 is 0.962 bits per heavy atom. The third-order valence-corrected chi connectivity index (χ3v) is 3.93. The number of hydrogen-bond donors (Lipinski definition) is 0. The number of rotatable bonds is 3. The molecule has 8 heteroatoms. The van der Waals surface area contributed by atoms with Crippen molar-refractivity contribution in [1.29, 1.82) is 0 Å². The smallest absolute Gasteiger partial charge is 0.451 e. The molecule has 0 fully saturated rings. The van der Waals surface area contributed by atoms with E-state index in [2.05, 4.69) is 4.74 Å². The summed E-state index contributed by atoms with van der Waals surface area (Å²) in [6.07, 6.45) is -6.21. The number of anilines is 1. The molecule has 26 heavy (non-hydrogen) atoms. The minimum Gasteiger partial charge on any atom is -0.451 e. The Morgan fingerprint density at radius 3 is 1.92 bits per heavy atom. The third kappa shape index (κ3) is 3.05. The molecular weight excluding hydrogens is 351 g/mol. The van der Waals surface area contributed by atoms with E-state index in [0.29, 0.717) is 5.56 Å². The summed E-state index contributed by atoms with van der Waals surface area (Å²) in [4.78, 5) is 36.7. The molecule has 1 atom stereocenters. The van der Waals surface area contributed by atoms with Crippen molar-refractivity contribution in [2.75, 3.05) is 4.90 Å². The van der Waals surface area contributed by atoms with Gasteiger partial charge in [0.25, 0.3) is 11.8 Å². The van der Waals surface area contributed by atoms with Crippen molar-refractivity contribution in [2.45, 2.75) is 19.2 Å². The monoisotopic (exact) mass is 363 g/mol. The molecule has 1 unspecified atom stereocenters. The molecule has 1 aliphatic rings. The molecule has 2 aromatic rings. The van der Waals surface area contributed by atoms with Crippen LogP contribution in [0.4, 0.5) is 18.9 Å². The fraction of sp³-hybridized carbons (Fsp3) is 0.167. The highest BCUT2D eigenvalue weighted by Crippen LogP contribution is 2.30. The lowest BCUT2D eigenvalue weighted by Gasteiger charge is -2.17. The zero-order valence-electron chi connectivity index (χ0n) is 13.4. The summed E-state index contributed by atoms with van der Waals surface area (Å²) in [5.74, 6) is -3.24. The number of ether oxygens (including phenoxy) is 1. The molecule has 0 aromatic heterocycles.